The number of amides is 1. The Kier molecular flexibility index (Phi) is 5.75. The Labute approximate surface area is 175 Å². The molecule has 2 aromatic carbocycles. The summed E-state index contributed by atoms with van der Waals surface area (Å²) < 4.78 is 6.96. The van der Waals surface area contributed by atoms with E-state index in [1.807, 2.05) is 67.7 Å². The summed E-state index contributed by atoms with van der Waals surface area (Å²) in [6.45, 7) is 2.37. The average molecular weight is 401 g/mol. The third-order valence-corrected chi connectivity index (χ3v) is 5.07. The number of hydrogen-bond acceptors (Lipinski definition) is 4. The summed E-state index contributed by atoms with van der Waals surface area (Å²) in [4.78, 5) is 26.3. The third kappa shape index (κ3) is 4.49. The zero-order chi connectivity index (χ0) is 20.9. The first kappa shape index (κ1) is 19.6. The van der Waals surface area contributed by atoms with Crippen molar-refractivity contribution in [1.82, 2.24) is 9.78 Å². The van der Waals surface area contributed by atoms with Crippen LogP contribution < -0.4 is 4.90 Å². The first-order chi connectivity index (χ1) is 14.6. The van der Waals surface area contributed by atoms with Crippen molar-refractivity contribution in [1.29, 1.82) is 0 Å². The van der Waals surface area contributed by atoms with Gasteiger partial charge in [0.15, 0.2) is 6.61 Å². The van der Waals surface area contributed by atoms with Crippen molar-refractivity contribution in [3.8, 4) is 0 Å². The lowest BCUT2D eigenvalue weighted by atomic mass is 10.1. The van der Waals surface area contributed by atoms with E-state index in [0.717, 1.165) is 28.8 Å². The van der Waals surface area contributed by atoms with Crippen LogP contribution in [0.3, 0.4) is 0 Å². The van der Waals surface area contributed by atoms with Crippen LogP contribution in [0.25, 0.3) is 6.08 Å². The molecular formula is C24H23N3O3. The van der Waals surface area contributed by atoms with Crippen LogP contribution in [0.15, 0.2) is 73.1 Å². The molecule has 1 aromatic heterocycles. The molecule has 0 fully saturated rings. The zero-order valence-corrected chi connectivity index (χ0v) is 16.8. The molecule has 2 heterocycles. The fourth-order valence-corrected chi connectivity index (χ4v) is 3.68. The van der Waals surface area contributed by atoms with Gasteiger partial charge in [-0.2, -0.15) is 5.10 Å². The minimum atomic E-state index is -0.556. The van der Waals surface area contributed by atoms with Gasteiger partial charge in [-0.05, 0) is 36.6 Å². The Morgan fingerprint density at radius 1 is 1.13 bits per heavy atom. The maximum Gasteiger partial charge on any atom is 0.331 e. The van der Waals surface area contributed by atoms with E-state index in [4.69, 9.17) is 4.74 Å². The molecule has 152 valence electrons. The van der Waals surface area contributed by atoms with E-state index < -0.39 is 5.97 Å². The number of benzene rings is 2. The van der Waals surface area contributed by atoms with Gasteiger partial charge in [0.2, 0.25) is 0 Å². The number of carbonyl (C=O) groups is 2. The molecule has 0 saturated carbocycles. The van der Waals surface area contributed by atoms with Crippen molar-refractivity contribution in [2.45, 2.75) is 25.9 Å². The number of nitrogens with zero attached hydrogens (tertiary/aromatic N) is 3. The molecule has 0 bridgehead atoms. The number of ether oxygens (including phenoxy) is 1. The topological polar surface area (TPSA) is 64.4 Å². The number of anilines is 1. The molecule has 1 aliphatic heterocycles. The van der Waals surface area contributed by atoms with E-state index in [1.165, 1.54) is 6.08 Å². The number of esters is 1. The SMILES string of the molecule is C[C@@H]1Cc2ccccc2N1C(=O)COC(=O)/C=C/c1cnn(Cc2ccccc2)c1. The van der Waals surface area contributed by atoms with Gasteiger partial charge >= 0.3 is 5.97 Å². The lowest BCUT2D eigenvalue weighted by Crippen LogP contribution is -2.38. The maximum atomic E-state index is 12.6. The number of hydrogen-bond donors (Lipinski definition) is 0. The van der Waals surface area contributed by atoms with E-state index in [9.17, 15) is 9.59 Å². The minimum absolute atomic E-state index is 0.0552. The maximum absolute atomic E-state index is 12.6. The lowest BCUT2D eigenvalue weighted by Gasteiger charge is -2.22. The normalized spacial score (nSPS) is 15.4. The highest BCUT2D eigenvalue weighted by Crippen LogP contribution is 2.31. The Bertz CT molecular complexity index is 1070. The molecule has 1 aliphatic rings. The first-order valence-electron chi connectivity index (χ1n) is 9.91. The van der Waals surface area contributed by atoms with Crippen LogP contribution in [0.4, 0.5) is 5.69 Å². The Morgan fingerprint density at radius 3 is 2.73 bits per heavy atom. The summed E-state index contributed by atoms with van der Waals surface area (Å²) >= 11 is 0. The van der Waals surface area contributed by atoms with Gasteiger partial charge < -0.3 is 9.64 Å². The molecule has 3 aromatic rings. The predicted molar refractivity (Wildman–Crippen MR) is 115 cm³/mol. The van der Waals surface area contributed by atoms with Gasteiger partial charge in [0.25, 0.3) is 5.91 Å². The largest absolute Gasteiger partial charge is 0.452 e. The number of para-hydroxylation sites is 1. The molecule has 6 heteroatoms. The van der Waals surface area contributed by atoms with Crippen molar-refractivity contribution >= 4 is 23.6 Å². The highest BCUT2D eigenvalue weighted by Gasteiger charge is 2.30. The van der Waals surface area contributed by atoms with E-state index in [0.29, 0.717) is 6.54 Å². The second kappa shape index (κ2) is 8.78. The summed E-state index contributed by atoms with van der Waals surface area (Å²) in [5.41, 5.74) is 3.97. The second-order valence-electron chi connectivity index (χ2n) is 7.34. The monoisotopic (exact) mass is 401 g/mol. The molecular weight excluding hydrogens is 378 g/mol. The highest BCUT2D eigenvalue weighted by atomic mass is 16.5. The van der Waals surface area contributed by atoms with Crippen molar-refractivity contribution < 1.29 is 14.3 Å². The standard InChI is InChI=1S/C24H23N3O3/c1-18-13-21-9-5-6-10-22(21)27(18)23(28)17-30-24(29)12-11-20-14-25-26(16-20)15-19-7-3-2-4-8-19/h2-12,14,16,18H,13,15,17H2,1H3/b12-11+/t18-/m1/s1. The van der Waals surface area contributed by atoms with Crippen LogP contribution in [0.1, 0.15) is 23.6 Å². The summed E-state index contributed by atoms with van der Waals surface area (Å²) in [5, 5.41) is 4.30. The smallest absolute Gasteiger partial charge is 0.331 e. The third-order valence-electron chi connectivity index (χ3n) is 5.07. The molecule has 0 N–H and O–H groups in total. The summed E-state index contributed by atoms with van der Waals surface area (Å²) in [7, 11) is 0. The van der Waals surface area contributed by atoms with Gasteiger partial charge in [-0.15, -0.1) is 0 Å². The second-order valence-corrected chi connectivity index (χ2v) is 7.34. The van der Waals surface area contributed by atoms with Crippen molar-refractivity contribution in [3.63, 3.8) is 0 Å². The van der Waals surface area contributed by atoms with Crippen LogP contribution in [0.2, 0.25) is 0 Å². The van der Waals surface area contributed by atoms with E-state index in [2.05, 4.69) is 5.10 Å². The molecule has 1 amide bonds. The number of rotatable bonds is 6. The molecule has 4 rings (SSSR count). The zero-order valence-electron chi connectivity index (χ0n) is 16.8. The van der Waals surface area contributed by atoms with E-state index in [1.54, 1.807) is 21.9 Å². The summed E-state index contributed by atoms with van der Waals surface area (Å²) in [6.07, 6.45) is 7.29. The van der Waals surface area contributed by atoms with Gasteiger partial charge in [-0.3, -0.25) is 9.48 Å². The Balaban J connectivity index is 1.30. The summed E-state index contributed by atoms with van der Waals surface area (Å²) in [6, 6.07) is 17.9. The fraction of sp³-hybridized carbons (Fsp3) is 0.208. The van der Waals surface area contributed by atoms with Gasteiger partial charge in [0.1, 0.15) is 0 Å². The van der Waals surface area contributed by atoms with Gasteiger partial charge in [-0.1, -0.05) is 48.5 Å². The van der Waals surface area contributed by atoms with Gasteiger partial charge in [-0.25, -0.2) is 4.79 Å². The number of aromatic nitrogens is 2. The van der Waals surface area contributed by atoms with Gasteiger partial charge in [0.05, 0.1) is 12.7 Å². The van der Waals surface area contributed by atoms with Crippen LogP contribution in [0.5, 0.6) is 0 Å². The Hall–Kier alpha value is -3.67. The van der Waals surface area contributed by atoms with Gasteiger partial charge in [0, 0.05) is 29.6 Å². The molecule has 30 heavy (non-hydrogen) atoms. The number of carbonyl (C=O) groups excluding carboxylic acids is 2. The Morgan fingerprint density at radius 2 is 1.90 bits per heavy atom. The van der Waals surface area contributed by atoms with Crippen LogP contribution >= 0.6 is 0 Å². The van der Waals surface area contributed by atoms with Crippen LogP contribution in [-0.4, -0.2) is 34.3 Å². The molecule has 0 saturated heterocycles. The average Bonchev–Trinajstić information content (AvgIpc) is 3.34. The molecule has 6 nitrogen and oxygen atoms in total. The molecule has 0 radical (unpaired) electrons. The van der Waals surface area contributed by atoms with E-state index >= 15 is 0 Å². The van der Waals surface area contributed by atoms with E-state index in [-0.39, 0.29) is 18.6 Å². The first-order valence-corrected chi connectivity index (χ1v) is 9.91. The lowest BCUT2D eigenvalue weighted by molar-refractivity contribution is -0.143. The molecule has 0 aliphatic carbocycles. The fourth-order valence-electron chi connectivity index (χ4n) is 3.68. The van der Waals surface area contributed by atoms with Crippen LogP contribution in [-0.2, 0) is 27.3 Å². The highest BCUT2D eigenvalue weighted by molar-refractivity contribution is 5.98. The van der Waals surface area contributed by atoms with Crippen molar-refractivity contribution in [2.75, 3.05) is 11.5 Å². The molecule has 1 atom stereocenters. The molecule has 0 unspecified atom stereocenters. The molecule has 0 spiro atoms. The van der Waals surface area contributed by atoms with Crippen LogP contribution in [0, 0.1) is 0 Å². The quantitative estimate of drug-likeness (QED) is 0.469. The summed E-state index contributed by atoms with van der Waals surface area (Å²) in [5.74, 6) is -0.774. The number of fused-ring (bicyclic) bond motifs is 1. The van der Waals surface area contributed by atoms with Crippen molar-refractivity contribution in [3.05, 3.63) is 89.8 Å². The minimum Gasteiger partial charge on any atom is -0.452 e. The predicted octanol–water partition coefficient (Wildman–Crippen LogP) is 3.47. The van der Waals surface area contributed by atoms with Crippen molar-refractivity contribution in [2.24, 2.45) is 0 Å².